The predicted molar refractivity (Wildman–Crippen MR) is 102 cm³/mol. The first-order chi connectivity index (χ1) is 12.8. The van der Waals surface area contributed by atoms with Crippen LogP contribution in [0.5, 0.6) is 0 Å². The second-order valence-corrected chi connectivity index (χ2v) is 6.07. The lowest BCUT2D eigenvalue weighted by Gasteiger charge is -2.09. The molecule has 26 heavy (non-hydrogen) atoms. The molecule has 0 unspecified atom stereocenters. The number of nitrogens with one attached hydrogen (secondary N) is 2. The highest BCUT2D eigenvalue weighted by molar-refractivity contribution is 5.78. The van der Waals surface area contributed by atoms with Crippen molar-refractivity contribution in [1.29, 1.82) is 0 Å². The largest absolute Gasteiger partial charge is 0.355 e. The van der Waals surface area contributed by atoms with Gasteiger partial charge in [0.1, 0.15) is 5.82 Å². The highest BCUT2D eigenvalue weighted by atomic mass is 16.1. The standard InChI is InChI=1S/C20H19N5O/c26-19-16-8-4-5-9-17(16)23-20(24-19)22-11-10-18-21-12-13-25(18)14-15-6-2-1-3-7-15/h1-9,12-13H,10-11,14H2,(H2,22,23,24,26). The van der Waals surface area contributed by atoms with E-state index in [4.69, 9.17) is 0 Å². The topological polar surface area (TPSA) is 75.6 Å². The molecule has 0 aliphatic heterocycles. The number of imidazole rings is 1. The molecule has 130 valence electrons. The molecule has 6 nitrogen and oxygen atoms in total. The van der Waals surface area contributed by atoms with E-state index in [1.807, 2.05) is 48.8 Å². The van der Waals surface area contributed by atoms with Gasteiger partial charge >= 0.3 is 0 Å². The number of anilines is 1. The van der Waals surface area contributed by atoms with Crippen molar-refractivity contribution in [3.8, 4) is 0 Å². The molecule has 0 amide bonds. The molecule has 0 atom stereocenters. The smallest absolute Gasteiger partial charge is 0.260 e. The molecule has 2 heterocycles. The number of aromatic amines is 1. The van der Waals surface area contributed by atoms with Gasteiger partial charge in [0.15, 0.2) is 0 Å². The minimum atomic E-state index is -0.135. The molecule has 0 radical (unpaired) electrons. The number of H-pyrrole nitrogens is 1. The minimum Gasteiger partial charge on any atom is -0.355 e. The third-order valence-electron chi connectivity index (χ3n) is 4.25. The highest BCUT2D eigenvalue weighted by Gasteiger charge is 2.06. The average Bonchev–Trinajstić information content (AvgIpc) is 3.10. The Balaban J connectivity index is 1.43. The average molecular weight is 345 g/mol. The molecule has 0 bridgehead atoms. The number of hydrogen-bond acceptors (Lipinski definition) is 4. The first-order valence-electron chi connectivity index (χ1n) is 8.56. The molecular weight excluding hydrogens is 326 g/mol. The fourth-order valence-corrected chi connectivity index (χ4v) is 2.96. The van der Waals surface area contributed by atoms with Gasteiger partial charge in [0, 0.05) is 31.9 Å². The van der Waals surface area contributed by atoms with Crippen LogP contribution >= 0.6 is 0 Å². The molecule has 4 rings (SSSR count). The van der Waals surface area contributed by atoms with Crippen LogP contribution in [0.25, 0.3) is 10.9 Å². The Morgan fingerprint density at radius 2 is 1.85 bits per heavy atom. The quantitative estimate of drug-likeness (QED) is 0.563. The summed E-state index contributed by atoms with van der Waals surface area (Å²) in [4.78, 5) is 23.8. The number of fused-ring (bicyclic) bond motifs is 1. The molecule has 0 aliphatic carbocycles. The van der Waals surface area contributed by atoms with E-state index in [1.165, 1.54) is 5.56 Å². The van der Waals surface area contributed by atoms with Crippen LogP contribution in [0.15, 0.2) is 71.8 Å². The first-order valence-corrected chi connectivity index (χ1v) is 8.56. The maximum Gasteiger partial charge on any atom is 0.260 e. The van der Waals surface area contributed by atoms with Crippen molar-refractivity contribution >= 4 is 16.9 Å². The van der Waals surface area contributed by atoms with E-state index < -0.39 is 0 Å². The van der Waals surface area contributed by atoms with Crippen LogP contribution in [0.2, 0.25) is 0 Å². The zero-order chi connectivity index (χ0) is 17.8. The van der Waals surface area contributed by atoms with E-state index in [1.54, 1.807) is 6.07 Å². The van der Waals surface area contributed by atoms with Crippen molar-refractivity contribution in [3.63, 3.8) is 0 Å². The summed E-state index contributed by atoms with van der Waals surface area (Å²) in [5.41, 5.74) is 1.79. The lowest BCUT2D eigenvalue weighted by molar-refractivity contribution is 0.722. The summed E-state index contributed by atoms with van der Waals surface area (Å²) >= 11 is 0. The summed E-state index contributed by atoms with van der Waals surface area (Å²) in [5.74, 6) is 1.47. The Morgan fingerprint density at radius 3 is 2.73 bits per heavy atom. The van der Waals surface area contributed by atoms with E-state index in [-0.39, 0.29) is 5.56 Å². The number of aromatic nitrogens is 4. The molecule has 4 aromatic rings. The maximum absolute atomic E-state index is 12.1. The maximum atomic E-state index is 12.1. The summed E-state index contributed by atoms with van der Waals surface area (Å²) in [6, 6.07) is 17.6. The van der Waals surface area contributed by atoms with Crippen LogP contribution in [0.1, 0.15) is 11.4 Å². The minimum absolute atomic E-state index is 0.135. The van der Waals surface area contributed by atoms with E-state index in [0.717, 1.165) is 18.8 Å². The molecule has 6 heteroatoms. The zero-order valence-electron chi connectivity index (χ0n) is 14.2. The number of nitrogens with zero attached hydrogens (tertiary/aromatic N) is 3. The van der Waals surface area contributed by atoms with Crippen molar-refractivity contribution in [2.45, 2.75) is 13.0 Å². The molecule has 2 aromatic heterocycles. The Kier molecular flexibility index (Phi) is 4.47. The van der Waals surface area contributed by atoms with E-state index in [0.29, 0.717) is 23.4 Å². The summed E-state index contributed by atoms with van der Waals surface area (Å²) in [5, 5.41) is 3.78. The fraction of sp³-hybridized carbons (Fsp3) is 0.150. The molecule has 2 aromatic carbocycles. The van der Waals surface area contributed by atoms with Crippen molar-refractivity contribution in [3.05, 3.63) is 88.7 Å². The van der Waals surface area contributed by atoms with Crippen molar-refractivity contribution in [2.75, 3.05) is 11.9 Å². The zero-order valence-corrected chi connectivity index (χ0v) is 14.2. The monoisotopic (exact) mass is 345 g/mol. The van der Waals surface area contributed by atoms with E-state index in [2.05, 4.69) is 37.0 Å². The lowest BCUT2D eigenvalue weighted by Crippen LogP contribution is -2.16. The summed E-state index contributed by atoms with van der Waals surface area (Å²) < 4.78 is 2.13. The van der Waals surface area contributed by atoms with Gasteiger partial charge in [0.2, 0.25) is 5.95 Å². The number of benzene rings is 2. The van der Waals surface area contributed by atoms with Gasteiger partial charge in [-0.15, -0.1) is 0 Å². The third kappa shape index (κ3) is 3.49. The molecule has 0 saturated carbocycles. The van der Waals surface area contributed by atoms with Crippen LogP contribution in [-0.2, 0) is 13.0 Å². The normalized spacial score (nSPS) is 10.9. The molecule has 2 N–H and O–H groups in total. The van der Waals surface area contributed by atoms with Crippen LogP contribution in [0, 0.1) is 0 Å². The highest BCUT2D eigenvalue weighted by Crippen LogP contribution is 2.09. The number of hydrogen-bond donors (Lipinski definition) is 2. The Morgan fingerprint density at radius 1 is 1.04 bits per heavy atom. The second kappa shape index (κ2) is 7.23. The SMILES string of the molecule is O=c1[nH]c(NCCc2nccn2Cc2ccccc2)nc2ccccc12. The summed E-state index contributed by atoms with van der Waals surface area (Å²) in [6.07, 6.45) is 4.53. The Bertz CT molecular complexity index is 1070. The molecule has 0 saturated heterocycles. The summed E-state index contributed by atoms with van der Waals surface area (Å²) in [7, 11) is 0. The van der Waals surface area contributed by atoms with Crippen LogP contribution in [0.3, 0.4) is 0 Å². The van der Waals surface area contributed by atoms with Gasteiger partial charge in [-0.25, -0.2) is 9.97 Å². The van der Waals surface area contributed by atoms with Crippen LogP contribution < -0.4 is 10.9 Å². The van der Waals surface area contributed by atoms with Gasteiger partial charge in [-0.3, -0.25) is 9.78 Å². The Labute approximate surface area is 150 Å². The van der Waals surface area contributed by atoms with Gasteiger partial charge in [-0.1, -0.05) is 42.5 Å². The van der Waals surface area contributed by atoms with Crippen LogP contribution in [-0.4, -0.2) is 26.1 Å². The molecule has 0 fully saturated rings. The van der Waals surface area contributed by atoms with E-state index in [9.17, 15) is 4.79 Å². The van der Waals surface area contributed by atoms with E-state index >= 15 is 0 Å². The van der Waals surface area contributed by atoms with Gasteiger partial charge in [-0.2, -0.15) is 0 Å². The van der Waals surface area contributed by atoms with Crippen molar-refractivity contribution in [1.82, 2.24) is 19.5 Å². The Hall–Kier alpha value is -3.41. The predicted octanol–water partition coefficient (Wildman–Crippen LogP) is 2.82. The molecule has 0 spiro atoms. The lowest BCUT2D eigenvalue weighted by atomic mass is 10.2. The number of para-hydroxylation sites is 1. The fourth-order valence-electron chi connectivity index (χ4n) is 2.96. The number of rotatable bonds is 6. The van der Waals surface area contributed by atoms with Gasteiger partial charge in [0.05, 0.1) is 10.9 Å². The summed E-state index contributed by atoms with van der Waals surface area (Å²) in [6.45, 7) is 1.42. The van der Waals surface area contributed by atoms with Gasteiger partial charge < -0.3 is 9.88 Å². The van der Waals surface area contributed by atoms with Crippen molar-refractivity contribution in [2.24, 2.45) is 0 Å². The third-order valence-corrected chi connectivity index (χ3v) is 4.25. The second-order valence-electron chi connectivity index (χ2n) is 6.07. The molecule has 0 aliphatic rings. The van der Waals surface area contributed by atoms with Crippen molar-refractivity contribution < 1.29 is 0 Å². The first kappa shape index (κ1) is 16.1. The van der Waals surface area contributed by atoms with Gasteiger partial charge in [-0.05, 0) is 17.7 Å². The van der Waals surface area contributed by atoms with Crippen LogP contribution in [0.4, 0.5) is 5.95 Å². The van der Waals surface area contributed by atoms with Gasteiger partial charge in [0.25, 0.3) is 5.56 Å². The molecular formula is C20H19N5O.